The summed E-state index contributed by atoms with van der Waals surface area (Å²) in [5.74, 6) is 0.641. The Balaban J connectivity index is 1.61. The fourth-order valence-electron chi connectivity index (χ4n) is 2.27. The lowest BCUT2D eigenvalue weighted by molar-refractivity contribution is 0.0384. The van der Waals surface area contributed by atoms with Crippen LogP contribution >= 0.6 is 0 Å². The molecule has 2 heterocycles. The number of nitrogens with one attached hydrogen (secondary N) is 1. The normalized spacial score (nSPS) is 17.2. The fourth-order valence-corrected chi connectivity index (χ4v) is 2.27. The largest absolute Gasteiger partial charge is 0.379 e. The molecule has 1 aromatic rings. The van der Waals surface area contributed by atoms with E-state index < -0.39 is 0 Å². The van der Waals surface area contributed by atoms with E-state index in [0.29, 0.717) is 5.92 Å². The maximum Gasteiger partial charge on any atom is 0.0594 e. The maximum atomic E-state index is 5.34. The zero-order valence-electron chi connectivity index (χ0n) is 12.1. The highest BCUT2D eigenvalue weighted by Crippen LogP contribution is 2.02. The average Bonchev–Trinajstić information content (AvgIpc) is 2.83. The van der Waals surface area contributed by atoms with E-state index in [1.54, 1.807) is 0 Å². The molecule has 19 heavy (non-hydrogen) atoms. The molecule has 0 aliphatic carbocycles. The molecular weight excluding hydrogens is 240 g/mol. The number of ether oxygens (including phenoxy) is 1. The zero-order valence-corrected chi connectivity index (χ0v) is 12.1. The van der Waals surface area contributed by atoms with Gasteiger partial charge in [-0.25, -0.2) is 0 Å². The van der Waals surface area contributed by atoms with Gasteiger partial charge in [0.15, 0.2) is 0 Å². The molecular formula is C14H26N4O. The van der Waals surface area contributed by atoms with Crippen LogP contribution < -0.4 is 5.32 Å². The van der Waals surface area contributed by atoms with Crippen LogP contribution in [0.25, 0.3) is 0 Å². The summed E-state index contributed by atoms with van der Waals surface area (Å²) in [6.45, 7) is 12.3. The van der Waals surface area contributed by atoms with Gasteiger partial charge in [0.25, 0.3) is 0 Å². The standard InChI is InChI=1S/C14H26N4O/c1-13(2)11-18-12-14(10-16-18)9-15-3-4-17-5-7-19-8-6-17/h10,12-13,15H,3-9,11H2,1-2H3. The summed E-state index contributed by atoms with van der Waals surface area (Å²) >= 11 is 0. The molecule has 1 aliphatic rings. The second-order valence-electron chi connectivity index (χ2n) is 5.60. The van der Waals surface area contributed by atoms with E-state index in [1.807, 2.05) is 10.9 Å². The molecule has 0 saturated carbocycles. The van der Waals surface area contributed by atoms with Gasteiger partial charge in [-0.1, -0.05) is 13.8 Å². The Morgan fingerprint density at radius 1 is 1.37 bits per heavy atom. The van der Waals surface area contributed by atoms with Gasteiger partial charge in [0.05, 0.1) is 19.4 Å². The summed E-state index contributed by atoms with van der Waals surface area (Å²) in [5, 5.41) is 7.85. The molecule has 0 aromatic carbocycles. The van der Waals surface area contributed by atoms with Crippen molar-refractivity contribution < 1.29 is 4.74 Å². The second-order valence-corrected chi connectivity index (χ2v) is 5.60. The third kappa shape index (κ3) is 5.30. The van der Waals surface area contributed by atoms with Gasteiger partial charge in [-0.15, -0.1) is 0 Å². The maximum absolute atomic E-state index is 5.34. The van der Waals surface area contributed by atoms with Crippen molar-refractivity contribution in [3.63, 3.8) is 0 Å². The first kappa shape index (κ1) is 14.5. The van der Waals surface area contributed by atoms with Crippen LogP contribution in [-0.4, -0.2) is 54.1 Å². The second kappa shape index (κ2) is 7.62. The van der Waals surface area contributed by atoms with Gasteiger partial charge >= 0.3 is 0 Å². The van der Waals surface area contributed by atoms with Crippen molar-refractivity contribution in [3.05, 3.63) is 18.0 Å². The minimum atomic E-state index is 0.641. The van der Waals surface area contributed by atoms with Crippen LogP contribution in [0.5, 0.6) is 0 Å². The Bertz CT molecular complexity index is 358. The zero-order chi connectivity index (χ0) is 13.5. The molecule has 0 radical (unpaired) electrons. The molecule has 5 nitrogen and oxygen atoms in total. The molecule has 1 saturated heterocycles. The smallest absolute Gasteiger partial charge is 0.0594 e. The molecule has 2 rings (SSSR count). The first-order valence-electron chi connectivity index (χ1n) is 7.26. The van der Waals surface area contributed by atoms with Gasteiger partial charge in [0.1, 0.15) is 0 Å². The van der Waals surface area contributed by atoms with Crippen LogP contribution in [0.4, 0.5) is 0 Å². The SMILES string of the molecule is CC(C)Cn1cc(CNCCN2CCOCC2)cn1. The number of nitrogens with zero attached hydrogens (tertiary/aromatic N) is 3. The van der Waals surface area contributed by atoms with Crippen LogP contribution in [0.15, 0.2) is 12.4 Å². The number of hydrogen-bond donors (Lipinski definition) is 1. The monoisotopic (exact) mass is 266 g/mol. The number of aromatic nitrogens is 2. The first-order valence-corrected chi connectivity index (χ1v) is 7.26. The topological polar surface area (TPSA) is 42.3 Å². The first-order chi connectivity index (χ1) is 9.24. The third-order valence-corrected chi connectivity index (χ3v) is 3.28. The molecule has 0 unspecified atom stereocenters. The van der Waals surface area contributed by atoms with Crippen LogP contribution in [0.2, 0.25) is 0 Å². The Hall–Kier alpha value is -0.910. The minimum absolute atomic E-state index is 0.641. The number of morpholine rings is 1. The molecule has 0 amide bonds. The summed E-state index contributed by atoms with van der Waals surface area (Å²) in [5.41, 5.74) is 1.27. The Labute approximate surface area is 115 Å². The van der Waals surface area contributed by atoms with Crippen LogP contribution in [0.3, 0.4) is 0 Å². The molecule has 1 aliphatic heterocycles. The van der Waals surface area contributed by atoms with Crippen molar-refractivity contribution >= 4 is 0 Å². The third-order valence-electron chi connectivity index (χ3n) is 3.28. The van der Waals surface area contributed by atoms with Gasteiger partial charge in [0, 0.05) is 51.0 Å². The fraction of sp³-hybridized carbons (Fsp3) is 0.786. The number of rotatable bonds is 7. The summed E-state index contributed by atoms with van der Waals surface area (Å²) in [6, 6.07) is 0. The van der Waals surface area contributed by atoms with Crippen molar-refractivity contribution in [2.24, 2.45) is 5.92 Å². The molecule has 0 spiro atoms. The molecule has 108 valence electrons. The van der Waals surface area contributed by atoms with Crippen molar-refractivity contribution in [1.29, 1.82) is 0 Å². The van der Waals surface area contributed by atoms with E-state index in [9.17, 15) is 0 Å². The van der Waals surface area contributed by atoms with E-state index in [1.165, 1.54) is 5.56 Å². The molecule has 1 fully saturated rings. The molecule has 0 bridgehead atoms. The lowest BCUT2D eigenvalue weighted by atomic mass is 10.2. The van der Waals surface area contributed by atoms with Crippen LogP contribution in [0, 0.1) is 5.92 Å². The van der Waals surface area contributed by atoms with Crippen LogP contribution in [-0.2, 0) is 17.8 Å². The van der Waals surface area contributed by atoms with Gasteiger partial charge < -0.3 is 10.1 Å². The summed E-state index contributed by atoms with van der Waals surface area (Å²) < 4.78 is 7.37. The summed E-state index contributed by atoms with van der Waals surface area (Å²) in [6.07, 6.45) is 4.10. The van der Waals surface area contributed by atoms with Gasteiger partial charge in [-0.05, 0) is 5.92 Å². The van der Waals surface area contributed by atoms with Gasteiger partial charge in [0.2, 0.25) is 0 Å². The van der Waals surface area contributed by atoms with E-state index in [-0.39, 0.29) is 0 Å². The van der Waals surface area contributed by atoms with E-state index in [2.05, 4.69) is 35.4 Å². The van der Waals surface area contributed by atoms with Crippen molar-refractivity contribution in [3.8, 4) is 0 Å². The lowest BCUT2D eigenvalue weighted by Crippen LogP contribution is -2.40. The van der Waals surface area contributed by atoms with Crippen molar-refractivity contribution in [1.82, 2.24) is 20.0 Å². The van der Waals surface area contributed by atoms with Crippen molar-refractivity contribution in [2.75, 3.05) is 39.4 Å². The quantitative estimate of drug-likeness (QED) is 0.747. The van der Waals surface area contributed by atoms with Gasteiger partial charge in [-0.2, -0.15) is 5.10 Å². The van der Waals surface area contributed by atoms with Gasteiger partial charge in [-0.3, -0.25) is 9.58 Å². The highest BCUT2D eigenvalue weighted by Gasteiger charge is 2.09. The summed E-state index contributed by atoms with van der Waals surface area (Å²) in [4.78, 5) is 2.44. The molecule has 5 heteroatoms. The summed E-state index contributed by atoms with van der Waals surface area (Å²) in [7, 11) is 0. The average molecular weight is 266 g/mol. The van der Waals surface area contributed by atoms with Crippen molar-refractivity contribution in [2.45, 2.75) is 26.9 Å². The van der Waals surface area contributed by atoms with E-state index in [0.717, 1.165) is 52.5 Å². The predicted molar refractivity (Wildman–Crippen MR) is 76.0 cm³/mol. The Morgan fingerprint density at radius 2 is 2.16 bits per heavy atom. The minimum Gasteiger partial charge on any atom is -0.379 e. The van der Waals surface area contributed by atoms with E-state index in [4.69, 9.17) is 4.74 Å². The highest BCUT2D eigenvalue weighted by atomic mass is 16.5. The molecule has 1 aromatic heterocycles. The predicted octanol–water partition coefficient (Wildman–Crippen LogP) is 0.961. The number of hydrogen-bond acceptors (Lipinski definition) is 4. The van der Waals surface area contributed by atoms with Crippen LogP contribution in [0.1, 0.15) is 19.4 Å². The Kier molecular flexibility index (Phi) is 5.82. The molecule has 1 N–H and O–H groups in total. The molecule has 0 atom stereocenters. The van der Waals surface area contributed by atoms with E-state index >= 15 is 0 Å². The Morgan fingerprint density at radius 3 is 2.89 bits per heavy atom. The highest BCUT2D eigenvalue weighted by molar-refractivity contribution is 5.03. The lowest BCUT2D eigenvalue weighted by Gasteiger charge is -2.26.